The van der Waals surface area contributed by atoms with Crippen molar-refractivity contribution in [2.24, 2.45) is 5.10 Å². The molecule has 0 saturated heterocycles. The molecule has 110 valence electrons. The maximum atomic E-state index is 12.9. The summed E-state index contributed by atoms with van der Waals surface area (Å²) in [6, 6.07) is -1.09. The summed E-state index contributed by atoms with van der Waals surface area (Å²) in [6.07, 6.45) is -2.45. The fourth-order valence-electron chi connectivity index (χ4n) is 1.72. The average Bonchev–Trinajstić information content (AvgIpc) is 2.93. The third-order valence-electron chi connectivity index (χ3n) is 2.91. The van der Waals surface area contributed by atoms with E-state index in [1.165, 1.54) is 19.3 Å². The highest BCUT2D eigenvalue weighted by atomic mass is 35.5. The number of carbonyl (C=O) groups excluding carboxylic acids is 1. The van der Waals surface area contributed by atoms with Crippen molar-refractivity contribution < 1.29 is 23.1 Å². The molecule has 1 aliphatic rings. The molecule has 0 aromatic carbocycles. The lowest BCUT2D eigenvalue weighted by molar-refractivity contribution is -0.302. The molecule has 6 nitrogen and oxygen atoms in total. The highest BCUT2D eigenvalue weighted by Crippen LogP contribution is 2.39. The highest BCUT2D eigenvalue weighted by molar-refractivity contribution is 6.30. The van der Waals surface area contributed by atoms with E-state index < -0.39 is 30.3 Å². The monoisotopic (exact) mass is 310 g/mol. The van der Waals surface area contributed by atoms with Crippen LogP contribution < -0.4 is 0 Å². The third kappa shape index (κ3) is 2.27. The topological polar surface area (TPSA) is 70.7 Å². The fourth-order valence-corrected chi connectivity index (χ4v) is 1.87. The minimum atomic E-state index is -5.01. The van der Waals surface area contributed by atoms with Crippen molar-refractivity contribution in [3.63, 3.8) is 0 Å². The summed E-state index contributed by atoms with van der Waals surface area (Å²) in [5, 5.41) is 17.0. The van der Waals surface area contributed by atoms with Crippen molar-refractivity contribution in [3.8, 4) is 0 Å². The molecule has 0 radical (unpaired) electrons. The lowest BCUT2D eigenvalue weighted by Crippen LogP contribution is -2.57. The Hall–Kier alpha value is -1.61. The third-order valence-corrected chi connectivity index (χ3v) is 3.11. The lowest BCUT2D eigenvalue weighted by atomic mass is 10.1. The van der Waals surface area contributed by atoms with Crippen molar-refractivity contribution in [2.75, 3.05) is 0 Å². The number of aliphatic hydroxyl groups is 1. The predicted molar refractivity (Wildman–Crippen MR) is 62.9 cm³/mol. The van der Waals surface area contributed by atoms with Gasteiger partial charge in [-0.15, -0.1) is 0 Å². The second-order valence-electron chi connectivity index (χ2n) is 4.28. The first-order valence-corrected chi connectivity index (χ1v) is 5.90. The molecule has 1 N–H and O–H groups in total. The number of halogens is 4. The molecule has 0 saturated carbocycles. The molecule has 1 amide bonds. The normalized spacial score (nSPS) is 24.2. The molecule has 1 aliphatic heterocycles. The summed E-state index contributed by atoms with van der Waals surface area (Å²) in [5.74, 6) is -1.04. The molecule has 0 aliphatic carbocycles. The van der Waals surface area contributed by atoms with Crippen LogP contribution in [-0.4, -0.2) is 43.9 Å². The van der Waals surface area contributed by atoms with Gasteiger partial charge in [0.05, 0.1) is 11.2 Å². The van der Waals surface area contributed by atoms with Crippen LogP contribution >= 0.6 is 11.6 Å². The fraction of sp³-hybridized carbons (Fsp3) is 0.500. The summed E-state index contributed by atoms with van der Waals surface area (Å²) >= 11 is 5.63. The minimum absolute atomic E-state index is 0.0350. The molecule has 10 heteroatoms. The Morgan fingerprint density at radius 2 is 2.25 bits per heavy atom. The van der Waals surface area contributed by atoms with Gasteiger partial charge in [0, 0.05) is 18.8 Å². The molecule has 2 rings (SSSR count). The Morgan fingerprint density at radius 3 is 2.75 bits per heavy atom. The smallest absolute Gasteiger partial charge is 0.362 e. The minimum Gasteiger partial charge on any atom is -0.362 e. The van der Waals surface area contributed by atoms with E-state index in [9.17, 15) is 23.1 Å². The Bertz CT molecular complexity index is 559. The van der Waals surface area contributed by atoms with Gasteiger partial charge >= 0.3 is 6.18 Å². The van der Waals surface area contributed by atoms with Crippen LogP contribution in [0.15, 0.2) is 17.5 Å². The summed E-state index contributed by atoms with van der Waals surface area (Å²) in [4.78, 5) is 12.1. The number of hydrogen-bond donors (Lipinski definition) is 1. The molecule has 0 spiro atoms. The van der Waals surface area contributed by atoms with Gasteiger partial charge in [0.1, 0.15) is 6.04 Å². The van der Waals surface area contributed by atoms with Crippen LogP contribution in [0.2, 0.25) is 5.02 Å². The van der Waals surface area contributed by atoms with Gasteiger partial charge in [-0.25, -0.2) is 0 Å². The summed E-state index contributed by atoms with van der Waals surface area (Å²) in [6.45, 7) is 1.33. The van der Waals surface area contributed by atoms with E-state index in [1.54, 1.807) is 0 Å². The van der Waals surface area contributed by atoms with Crippen LogP contribution in [0, 0.1) is 0 Å². The van der Waals surface area contributed by atoms with E-state index in [2.05, 4.69) is 10.2 Å². The maximum Gasteiger partial charge on any atom is 0.438 e. The zero-order valence-corrected chi connectivity index (χ0v) is 10.9. The molecular formula is C10H10ClF3N4O2. The Labute approximate surface area is 116 Å². The largest absolute Gasteiger partial charge is 0.438 e. The molecule has 0 bridgehead atoms. The summed E-state index contributed by atoms with van der Waals surface area (Å²) in [7, 11) is 0. The molecule has 1 aromatic rings. The molecule has 2 heterocycles. The average molecular weight is 311 g/mol. The standard InChI is InChI=1S/C10H10ClF3N4O2/c1-6(17-5-7(11)4-16-17)8(19)18-9(20,2-3-15-18)10(12,13)14/h3-6,20H,2H2,1H3. The van der Waals surface area contributed by atoms with Crippen LogP contribution in [0.5, 0.6) is 0 Å². The number of alkyl halides is 3. The zero-order valence-electron chi connectivity index (χ0n) is 10.2. The zero-order chi connectivity index (χ0) is 15.1. The Kier molecular flexibility index (Phi) is 3.51. The van der Waals surface area contributed by atoms with Crippen LogP contribution in [0.4, 0.5) is 13.2 Å². The van der Waals surface area contributed by atoms with E-state index in [1.807, 2.05) is 0 Å². The van der Waals surface area contributed by atoms with Crippen molar-refractivity contribution in [1.82, 2.24) is 14.8 Å². The van der Waals surface area contributed by atoms with Crippen molar-refractivity contribution in [2.45, 2.75) is 31.3 Å². The van der Waals surface area contributed by atoms with E-state index >= 15 is 0 Å². The van der Waals surface area contributed by atoms with Gasteiger partial charge < -0.3 is 5.11 Å². The first-order chi connectivity index (χ1) is 9.17. The number of aromatic nitrogens is 2. The van der Waals surface area contributed by atoms with Crippen LogP contribution in [0.25, 0.3) is 0 Å². The van der Waals surface area contributed by atoms with E-state index in [4.69, 9.17) is 11.6 Å². The predicted octanol–water partition coefficient (Wildman–Crippen LogP) is 1.57. The van der Waals surface area contributed by atoms with Crippen molar-refractivity contribution >= 4 is 23.7 Å². The molecule has 1 aromatic heterocycles. The van der Waals surface area contributed by atoms with Gasteiger partial charge in [0.25, 0.3) is 11.6 Å². The second-order valence-corrected chi connectivity index (χ2v) is 4.72. The van der Waals surface area contributed by atoms with Gasteiger partial charge in [-0.1, -0.05) is 11.6 Å². The SMILES string of the molecule is CC(C(=O)N1N=CCC1(O)C(F)(F)F)n1cc(Cl)cn1. The quantitative estimate of drug-likeness (QED) is 0.901. The molecule has 2 atom stereocenters. The molecule has 2 unspecified atom stereocenters. The van der Waals surface area contributed by atoms with Crippen LogP contribution in [-0.2, 0) is 4.79 Å². The Balaban J connectivity index is 2.26. The van der Waals surface area contributed by atoms with Gasteiger partial charge in [-0.05, 0) is 6.92 Å². The molecule has 0 fully saturated rings. The second kappa shape index (κ2) is 4.74. The first-order valence-electron chi connectivity index (χ1n) is 5.52. The van der Waals surface area contributed by atoms with Gasteiger partial charge in [-0.3, -0.25) is 9.48 Å². The first kappa shape index (κ1) is 14.8. The number of carbonyl (C=O) groups is 1. The van der Waals surface area contributed by atoms with Gasteiger partial charge in [-0.2, -0.15) is 28.4 Å². The number of hydrazone groups is 1. The summed E-state index contributed by atoms with van der Waals surface area (Å²) in [5.41, 5.74) is -3.32. The highest BCUT2D eigenvalue weighted by Gasteiger charge is 2.62. The van der Waals surface area contributed by atoms with E-state index in [0.717, 1.165) is 10.9 Å². The molecular weight excluding hydrogens is 301 g/mol. The van der Waals surface area contributed by atoms with Crippen molar-refractivity contribution in [3.05, 3.63) is 17.4 Å². The number of nitrogens with zero attached hydrogens (tertiary/aromatic N) is 4. The Morgan fingerprint density at radius 1 is 1.60 bits per heavy atom. The van der Waals surface area contributed by atoms with Crippen LogP contribution in [0.1, 0.15) is 19.4 Å². The van der Waals surface area contributed by atoms with E-state index in [-0.39, 0.29) is 10.0 Å². The van der Waals surface area contributed by atoms with Gasteiger partial charge in [0.15, 0.2) is 0 Å². The maximum absolute atomic E-state index is 12.9. The number of amides is 1. The summed E-state index contributed by atoms with van der Waals surface area (Å²) < 4.78 is 39.7. The van der Waals surface area contributed by atoms with Gasteiger partial charge in [0.2, 0.25) is 0 Å². The number of rotatable bonds is 2. The molecule has 20 heavy (non-hydrogen) atoms. The van der Waals surface area contributed by atoms with E-state index in [0.29, 0.717) is 0 Å². The number of hydrogen-bond acceptors (Lipinski definition) is 4. The van der Waals surface area contributed by atoms with Crippen molar-refractivity contribution in [1.29, 1.82) is 0 Å². The lowest BCUT2D eigenvalue weighted by Gasteiger charge is -2.33. The van der Waals surface area contributed by atoms with Crippen LogP contribution in [0.3, 0.4) is 0 Å².